The van der Waals surface area contributed by atoms with Gasteiger partial charge in [-0.25, -0.2) is 0 Å². The summed E-state index contributed by atoms with van der Waals surface area (Å²) in [4.78, 5) is 27.9. The van der Waals surface area contributed by atoms with Crippen LogP contribution in [0.25, 0.3) is 0 Å². The number of benzene rings is 1. The number of nitrogens with zero attached hydrogens (tertiary/aromatic N) is 2. The van der Waals surface area contributed by atoms with Crippen molar-refractivity contribution >= 4 is 17.5 Å². The molecule has 2 aliphatic rings. The number of hydrogen-bond acceptors (Lipinski definition) is 3. The maximum atomic E-state index is 12.3. The van der Waals surface area contributed by atoms with Crippen LogP contribution in [-0.2, 0) is 16.0 Å². The molecule has 0 aromatic heterocycles. The largest absolute Gasteiger partial charge is 0.368 e. The highest BCUT2D eigenvalue weighted by molar-refractivity contribution is 5.79. The van der Waals surface area contributed by atoms with Crippen molar-refractivity contribution in [2.24, 2.45) is 0 Å². The van der Waals surface area contributed by atoms with Crippen LogP contribution in [0.15, 0.2) is 24.3 Å². The van der Waals surface area contributed by atoms with E-state index in [4.69, 9.17) is 0 Å². The monoisotopic (exact) mass is 329 g/mol. The summed E-state index contributed by atoms with van der Waals surface area (Å²) in [5, 5.41) is 3.09. The number of piperidine rings is 1. The van der Waals surface area contributed by atoms with Gasteiger partial charge in [-0.2, -0.15) is 0 Å². The Bertz CT molecular complexity index is 616. The van der Waals surface area contributed by atoms with E-state index in [9.17, 15) is 9.59 Å². The molecule has 0 spiro atoms. The molecule has 24 heavy (non-hydrogen) atoms. The zero-order valence-electron chi connectivity index (χ0n) is 14.6. The number of likely N-dealkylation sites (tertiary alicyclic amines) is 1. The Balaban J connectivity index is 1.54. The molecule has 2 aliphatic heterocycles. The number of likely N-dealkylation sites (N-methyl/N-ethyl adjacent to an activating group) is 1. The lowest BCUT2D eigenvalue weighted by Gasteiger charge is -2.37. The molecule has 3 rings (SSSR count). The van der Waals surface area contributed by atoms with Crippen molar-refractivity contribution in [2.45, 2.75) is 51.1 Å². The first-order chi connectivity index (χ1) is 11.5. The summed E-state index contributed by atoms with van der Waals surface area (Å²) >= 11 is 0. The van der Waals surface area contributed by atoms with Crippen molar-refractivity contribution in [2.75, 3.05) is 25.0 Å². The minimum absolute atomic E-state index is 0.0815. The summed E-state index contributed by atoms with van der Waals surface area (Å²) < 4.78 is 0. The first-order valence-corrected chi connectivity index (χ1v) is 8.92. The minimum Gasteiger partial charge on any atom is -0.368 e. The molecule has 1 fully saturated rings. The highest BCUT2D eigenvalue weighted by Crippen LogP contribution is 2.30. The number of hydrogen-bond donors (Lipinski definition) is 1. The molecule has 1 N–H and O–H groups in total. The van der Waals surface area contributed by atoms with E-state index in [0.29, 0.717) is 25.4 Å². The molecule has 130 valence electrons. The van der Waals surface area contributed by atoms with E-state index in [2.05, 4.69) is 41.4 Å². The van der Waals surface area contributed by atoms with Crippen molar-refractivity contribution in [1.82, 2.24) is 10.2 Å². The second kappa shape index (κ2) is 7.24. The summed E-state index contributed by atoms with van der Waals surface area (Å²) in [6, 6.07) is 9.05. The molecule has 0 radical (unpaired) electrons. The molecule has 1 aromatic carbocycles. The van der Waals surface area contributed by atoms with E-state index in [1.165, 1.54) is 11.3 Å². The van der Waals surface area contributed by atoms with Crippen LogP contribution >= 0.6 is 0 Å². The van der Waals surface area contributed by atoms with E-state index in [0.717, 1.165) is 25.8 Å². The van der Waals surface area contributed by atoms with Crippen LogP contribution in [0.2, 0.25) is 0 Å². The van der Waals surface area contributed by atoms with Gasteiger partial charge in [0, 0.05) is 50.7 Å². The van der Waals surface area contributed by atoms with Crippen molar-refractivity contribution in [3.05, 3.63) is 29.8 Å². The maximum absolute atomic E-state index is 12.3. The van der Waals surface area contributed by atoms with Crippen molar-refractivity contribution in [1.29, 1.82) is 0 Å². The Morgan fingerprint density at radius 1 is 1.25 bits per heavy atom. The average Bonchev–Trinajstić information content (AvgIpc) is 2.57. The normalized spacial score (nSPS) is 23.8. The lowest BCUT2D eigenvalue weighted by Crippen LogP contribution is -2.49. The SMILES string of the molecule is CC1CCc2ccccc2N1CCC(=O)NC1CCC(=O)N(C)C1. The van der Waals surface area contributed by atoms with Gasteiger partial charge in [0.2, 0.25) is 11.8 Å². The van der Waals surface area contributed by atoms with Crippen LogP contribution < -0.4 is 10.2 Å². The third kappa shape index (κ3) is 3.71. The Morgan fingerprint density at radius 3 is 2.83 bits per heavy atom. The fourth-order valence-electron chi connectivity index (χ4n) is 3.75. The predicted octanol–water partition coefficient (Wildman–Crippen LogP) is 1.95. The number of amides is 2. The number of carbonyl (C=O) groups is 2. The molecule has 5 nitrogen and oxygen atoms in total. The zero-order valence-corrected chi connectivity index (χ0v) is 14.6. The van der Waals surface area contributed by atoms with E-state index < -0.39 is 0 Å². The van der Waals surface area contributed by atoms with Crippen LogP contribution in [0.4, 0.5) is 5.69 Å². The van der Waals surface area contributed by atoms with Gasteiger partial charge in [0.25, 0.3) is 0 Å². The number of anilines is 1. The summed E-state index contributed by atoms with van der Waals surface area (Å²) in [6.07, 6.45) is 4.01. The third-order valence-corrected chi connectivity index (χ3v) is 5.24. The molecule has 0 saturated carbocycles. The Labute approximate surface area is 144 Å². The number of aryl methyl sites for hydroxylation is 1. The Morgan fingerprint density at radius 2 is 2.04 bits per heavy atom. The summed E-state index contributed by atoms with van der Waals surface area (Å²) in [7, 11) is 1.80. The lowest BCUT2D eigenvalue weighted by molar-refractivity contribution is -0.133. The molecule has 2 amide bonds. The molecular formula is C19H27N3O2. The van der Waals surface area contributed by atoms with E-state index >= 15 is 0 Å². The highest BCUT2D eigenvalue weighted by Gasteiger charge is 2.26. The van der Waals surface area contributed by atoms with Gasteiger partial charge >= 0.3 is 0 Å². The van der Waals surface area contributed by atoms with Crippen molar-refractivity contribution < 1.29 is 9.59 Å². The van der Waals surface area contributed by atoms with Crippen LogP contribution in [-0.4, -0.2) is 48.9 Å². The fourth-order valence-corrected chi connectivity index (χ4v) is 3.75. The van der Waals surface area contributed by atoms with Gasteiger partial charge < -0.3 is 15.1 Å². The van der Waals surface area contributed by atoms with E-state index in [-0.39, 0.29) is 17.9 Å². The number of fused-ring (bicyclic) bond motifs is 1. The second-order valence-electron chi connectivity index (χ2n) is 7.04. The first-order valence-electron chi connectivity index (χ1n) is 8.92. The van der Waals surface area contributed by atoms with Gasteiger partial charge in [-0.15, -0.1) is 0 Å². The molecule has 2 unspecified atom stereocenters. The summed E-state index contributed by atoms with van der Waals surface area (Å²) in [5.41, 5.74) is 2.65. The van der Waals surface area contributed by atoms with Crippen molar-refractivity contribution in [3.8, 4) is 0 Å². The average molecular weight is 329 g/mol. The topological polar surface area (TPSA) is 52.7 Å². The number of nitrogens with one attached hydrogen (secondary N) is 1. The molecule has 1 saturated heterocycles. The van der Waals surface area contributed by atoms with Gasteiger partial charge in [-0.05, 0) is 37.8 Å². The van der Waals surface area contributed by atoms with Gasteiger partial charge in [0.1, 0.15) is 0 Å². The quantitative estimate of drug-likeness (QED) is 0.919. The Kier molecular flexibility index (Phi) is 5.07. The predicted molar refractivity (Wildman–Crippen MR) is 95.0 cm³/mol. The number of rotatable bonds is 4. The fraction of sp³-hybridized carbons (Fsp3) is 0.579. The molecule has 5 heteroatoms. The summed E-state index contributed by atoms with van der Waals surface area (Å²) in [6.45, 7) is 3.59. The molecular weight excluding hydrogens is 302 g/mol. The molecule has 2 atom stereocenters. The van der Waals surface area contributed by atoms with Crippen LogP contribution in [0, 0.1) is 0 Å². The third-order valence-electron chi connectivity index (χ3n) is 5.24. The zero-order chi connectivity index (χ0) is 17.1. The standard InChI is InChI=1S/C19H27N3O2/c1-14-7-8-15-5-3-4-6-17(15)22(14)12-11-18(23)20-16-9-10-19(24)21(2)13-16/h3-6,14,16H,7-13H2,1-2H3,(H,20,23). The van der Waals surface area contributed by atoms with Gasteiger partial charge in [-0.1, -0.05) is 18.2 Å². The molecule has 0 bridgehead atoms. The Hall–Kier alpha value is -2.04. The van der Waals surface area contributed by atoms with Crippen molar-refractivity contribution in [3.63, 3.8) is 0 Å². The molecule has 0 aliphatic carbocycles. The highest BCUT2D eigenvalue weighted by atomic mass is 16.2. The first kappa shape index (κ1) is 16.8. The smallest absolute Gasteiger partial charge is 0.222 e. The van der Waals surface area contributed by atoms with Crippen LogP contribution in [0.1, 0.15) is 38.2 Å². The second-order valence-corrected chi connectivity index (χ2v) is 7.04. The molecule has 1 aromatic rings. The number of para-hydroxylation sites is 1. The number of carbonyl (C=O) groups excluding carboxylic acids is 2. The van der Waals surface area contributed by atoms with Gasteiger partial charge in [0.05, 0.1) is 0 Å². The van der Waals surface area contributed by atoms with E-state index in [1.807, 2.05) is 0 Å². The lowest BCUT2D eigenvalue weighted by atomic mass is 9.96. The van der Waals surface area contributed by atoms with Gasteiger partial charge in [-0.3, -0.25) is 9.59 Å². The van der Waals surface area contributed by atoms with Gasteiger partial charge in [0.15, 0.2) is 0 Å². The maximum Gasteiger partial charge on any atom is 0.222 e. The van der Waals surface area contributed by atoms with Crippen LogP contribution in [0.3, 0.4) is 0 Å². The minimum atomic E-state index is 0.0815. The molecule has 2 heterocycles. The summed E-state index contributed by atoms with van der Waals surface area (Å²) in [5.74, 6) is 0.247. The van der Waals surface area contributed by atoms with Crippen LogP contribution in [0.5, 0.6) is 0 Å². The van der Waals surface area contributed by atoms with E-state index in [1.54, 1.807) is 11.9 Å².